The lowest BCUT2D eigenvalue weighted by molar-refractivity contribution is -0.149. The Labute approximate surface area is 117 Å². The van der Waals surface area contributed by atoms with Crippen LogP contribution in [0.4, 0.5) is 4.79 Å². The van der Waals surface area contributed by atoms with Crippen LogP contribution in [-0.4, -0.2) is 52.3 Å². The van der Waals surface area contributed by atoms with Gasteiger partial charge in [-0.2, -0.15) is 0 Å². The molecule has 5 atom stereocenters. The van der Waals surface area contributed by atoms with E-state index in [1.807, 2.05) is 23.6 Å². The molecule has 1 amide bonds. The van der Waals surface area contributed by atoms with Crippen molar-refractivity contribution in [2.75, 3.05) is 6.61 Å². The van der Waals surface area contributed by atoms with Crippen molar-refractivity contribution in [1.29, 1.82) is 0 Å². The Morgan fingerprint density at radius 1 is 1.26 bits per heavy atom. The molecule has 0 spiro atoms. The summed E-state index contributed by atoms with van der Waals surface area (Å²) in [7, 11) is 0. The van der Waals surface area contributed by atoms with Crippen molar-refractivity contribution in [2.24, 2.45) is 0 Å². The Bertz CT molecular complexity index is 402. The predicted octanol–water partition coefficient (Wildman–Crippen LogP) is 1.80. The third-order valence-electron chi connectivity index (χ3n) is 4.24. The number of ether oxygens (including phenoxy) is 2. The standard InChI is InChI=1S/C13H19NO4S/c1-3-17-13(16)14-8-4-5-10-12(18-7(2)15)9(14)6-11(8)19-10/h8-12H,3-6H2,1-2H3. The summed E-state index contributed by atoms with van der Waals surface area (Å²) in [5, 5.41) is 0.822. The van der Waals surface area contributed by atoms with Crippen molar-refractivity contribution in [3.8, 4) is 0 Å². The van der Waals surface area contributed by atoms with E-state index in [4.69, 9.17) is 9.47 Å². The van der Waals surface area contributed by atoms with Crippen LogP contribution in [0.1, 0.15) is 33.1 Å². The quantitative estimate of drug-likeness (QED) is 0.724. The molecule has 3 rings (SSSR count). The molecule has 106 valence electrons. The lowest BCUT2D eigenvalue weighted by Crippen LogP contribution is -2.48. The lowest BCUT2D eigenvalue weighted by Gasteiger charge is -2.37. The third-order valence-corrected chi connectivity index (χ3v) is 5.95. The zero-order valence-corrected chi connectivity index (χ0v) is 12.0. The van der Waals surface area contributed by atoms with Crippen molar-refractivity contribution in [3.63, 3.8) is 0 Å². The average Bonchev–Trinajstić information content (AvgIpc) is 2.62. The van der Waals surface area contributed by atoms with Crippen molar-refractivity contribution >= 4 is 23.8 Å². The minimum Gasteiger partial charge on any atom is -0.459 e. The first-order valence-electron chi connectivity index (χ1n) is 6.89. The van der Waals surface area contributed by atoms with Gasteiger partial charge in [0.25, 0.3) is 0 Å². The van der Waals surface area contributed by atoms with Crippen molar-refractivity contribution < 1.29 is 19.1 Å². The van der Waals surface area contributed by atoms with Crippen LogP contribution < -0.4 is 0 Å². The smallest absolute Gasteiger partial charge is 0.410 e. The second kappa shape index (κ2) is 4.89. The van der Waals surface area contributed by atoms with Crippen LogP contribution in [0.25, 0.3) is 0 Å². The summed E-state index contributed by atoms with van der Waals surface area (Å²) in [6, 6.07) is 0.262. The van der Waals surface area contributed by atoms with Gasteiger partial charge in [0, 0.05) is 23.5 Å². The highest BCUT2D eigenvalue weighted by atomic mass is 32.2. The SMILES string of the molecule is CCOC(=O)N1C2CCC3SC2CC1C3OC(C)=O. The summed E-state index contributed by atoms with van der Waals surface area (Å²) in [5.74, 6) is -0.261. The van der Waals surface area contributed by atoms with E-state index in [-0.39, 0.29) is 30.3 Å². The fourth-order valence-electron chi connectivity index (χ4n) is 3.63. The number of amides is 1. The number of carbonyl (C=O) groups is 2. The van der Waals surface area contributed by atoms with Gasteiger partial charge in [0.2, 0.25) is 0 Å². The normalized spacial score (nSPS) is 39.3. The summed E-state index contributed by atoms with van der Waals surface area (Å²) in [6.07, 6.45) is 2.50. The van der Waals surface area contributed by atoms with Gasteiger partial charge in [-0.3, -0.25) is 9.69 Å². The molecular formula is C13H19NO4S. The highest BCUT2D eigenvalue weighted by molar-refractivity contribution is 8.00. The highest BCUT2D eigenvalue weighted by Gasteiger charge is 2.58. The van der Waals surface area contributed by atoms with Gasteiger partial charge in [-0.05, 0) is 26.2 Å². The minimum atomic E-state index is -0.261. The number of hydrogen-bond donors (Lipinski definition) is 0. The molecule has 0 aromatic heterocycles. The van der Waals surface area contributed by atoms with Crippen molar-refractivity contribution in [1.82, 2.24) is 4.90 Å². The Morgan fingerprint density at radius 2 is 2.05 bits per heavy atom. The molecule has 3 aliphatic heterocycles. The first-order chi connectivity index (χ1) is 9.11. The maximum Gasteiger partial charge on any atom is 0.410 e. The van der Waals surface area contributed by atoms with Crippen LogP contribution in [0.15, 0.2) is 0 Å². The summed E-state index contributed by atoms with van der Waals surface area (Å²) in [4.78, 5) is 25.3. The fourth-order valence-corrected chi connectivity index (χ4v) is 5.50. The fraction of sp³-hybridized carbons (Fsp3) is 0.846. The first kappa shape index (κ1) is 13.1. The van der Waals surface area contributed by atoms with E-state index in [2.05, 4.69) is 0 Å². The number of esters is 1. The van der Waals surface area contributed by atoms with Crippen molar-refractivity contribution in [3.05, 3.63) is 0 Å². The Morgan fingerprint density at radius 3 is 2.74 bits per heavy atom. The van der Waals surface area contributed by atoms with E-state index >= 15 is 0 Å². The molecule has 0 saturated carbocycles. The Hall–Kier alpha value is -0.910. The summed E-state index contributed by atoms with van der Waals surface area (Å²) in [5.41, 5.74) is 0. The maximum atomic E-state index is 12.2. The molecule has 0 aromatic rings. The van der Waals surface area contributed by atoms with Crippen LogP contribution in [0.5, 0.6) is 0 Å². The minimum absolute atomic E-state index is 0.00620. The molecule has 0 aromatic carbocycles. The summed E-state index contributed by atoms with van der Waals surface area (Å²) >= 11 is 1.89. The van der Waals surface area contributed by atoms with E-state index in [1.165, 1.54) is 6.92 Å². The summed E-state index contributed by atoms with van der Waals surface area (Å²) in [6.45, 7) is 3.64. The molecule has 3 heterocycles. The monoisotopic (exact) mass is 285 g/mol. The maximum absolute atomic E-state index is 12.2. The number of carbonyl (C=O) groups excluding carboxylic acids is 2. The van der Waals surface area contributed by atoms with Gasteiger partial charge < -0.3 is 9.47 Å². The van der Waals surface area contributed by atoms with Gasteiger partial charge in [0.15, 0.2) is 0 Å². The van der Waals surface area contributed by atoms with Crippen LogP contribution in [0.3, 0.4) is 0 Å². The third kappa shape index (κ3) is 2.10. The van der Waals surface area contributed by atoms with Gasteiger partial charge in [-0.25, -0.2) is 4.79 Å². The van der Waals surface area contributed by atoms with Crippen LogP contribution in [0.2, 0.25) is 0 Å². The van der Waals surface area contributed by atoms with Crippen LogP contribution in [-0.2, 0) is 14.3 Å². The van der Waals surface area contributed by atoms with Crippen molar-refractivity contribution in [2.45, 2.75) is 61.8 Å². The second-order valence-electron chi connectivity index (χ2n) is 5.34. The van der Waals surface area contributed by atoms with Gasteiger partial charge >= 0.3 is 12.1 Å². The first-order valence-corrected chi connectivity index (χ1v) is 7.84. The Balaban J connectivity index is 1.85. The second-order valence-corrected chi connectivity index (χ2v) is 6.82. The van der Waals surface area contributed by atoms with E-state index in [9.17, 15) is 9.59 Å². The molecule has 3 fully saturated rings. The van der Waals surface area contributed by atoms with Gasteiger partial charge in [-0.1, -0.05) is 0 Å². The van der Waals surface area contributed by atoms with E-state index in [0.717, 1.165) is 19.3 Å². The van der Waals surface area contributed by atoms with Gasteiger partial charge in [-0.15, -0.1) is 11.8 Å². The average molecular weight is 285 g/mol. The molecular weight excluding hydrogens is 266 g/mol. The topological polar surface area (TPSA) is 55.8 Å². The lowest BCUT2D eigenvalue weighted by atomic mass is 9.96. The molecule has 0 aliphatic carbocycles. The number of fused-ring (bicyclic) bond motifs is 2. The highest BCUT2D eigenvalue weighted by Crippen LogP contribution is 2.51. The van der Waals surface area contributed by atoms with Crippen LogP contribution >= 0.6 is 11.8 Å². The molecule has 6 heteroatoms. The summed E-state index contributed by atoms with van der Waals surface area (Å²) < 4.78 is 10.7. The number of thioether (sulfide) groups is 1. The number of likely N-dealkylation sites (tertiary alicyclic amines) is 1. The molecule has 3 aliphatic rings. The van der Waals surface area contributed by atoms with Gasteiger partial charge in [0.05, 0.1) is 12.6 Å². The zero-order valence-electron chi connectivity index (χ0n) is 11.2. The predicted molar refractivity (Wildman–Crippen MR) is 71.0 cm³/mol. The van der Waals surface area contributed by atoms with E-state index in [1.54, 1.807) is 0 Å². The molecule has 3 saturated heterocycles. The number of rotatable bonds is 2. The molecule has 0 radical (unpaired) electrons. The molecule has 5 unspecified atom stereocenters. The molecule has 5 nitrogen and oxygen atoms in total. The molecule has 3 bridgehead atoms. The van der Waals surface area contributed by atoms with Gasteiger partial charge in [0.1, 0.15) is 6.10 Å². The zero-order chi connectivity index (χ0) is 13.6. The Kier molecular flexibility index (Phi) is 3.37. The van der Waals surface area contributed by atoms with E-state index < -0.39 is 0 Å². The van der Waals surface area contributed by atoms with E-state index in [0.29, 0.717) is 17.1 Å². The molecule has 19 heavy (non-hydrogen) atoms. The van der Waals surface area contributed by atoms with Crippen LogP contribution in [0, 0.1) is 0 Å². The number of hydrogen-bond acceptors (Lipinski definition) is 5. The number of nitrogens with zero attached hydrogens (tertiary/aromatic N) is 1. The molecule has 0 N–H and O–H groups in total. The largest absolute Gasteiger partial charge is 0.459 e.